The van der Waals surface area contributed by atoms with Crippen LogP contribution in [0.5, 0.6) is 0 Å². The second-order valence-electron chi connectivity index (χ2n) is 6.41. The number of likely N-dealkylation sites (N-methyl/N-ethyl adjacent to an activating group) is 2. The van der Waals surface area contributed by atoms with Crippen molar-refractivity contribution in [3.05, 3.63) is 29.3 Å². The van der Waals surface area contributed by atoms with Crippen molar-refractivity contribution in [2.75, 3.05) is 39.5 Å². The minimum absolute atomic E-state index is 0.0880. The monoisotopic (exact) mass is 348 g/mol. The molecule has 1 atom stereocenters. The van der Waals surface area contributed by atoms with Gasteiger partial charge in [0.05, 0.1) is 19.1 Å². The molecule has 7 heteroatoms. The van der Waals surface area contributed by atoms with Gasteiger partial charge in [-0.3, -0.25) is 19.3 Å². The van der Waals surface area contributed by atoms with Gasteiger partial charge in [-0.2, -0.15) is 0 Å². The van der Waals surface area contributed by atoms with Crippen LogP contribution in [-0.4, -0.2) is 67.8 Å². The van der Waals surface area contributed by atoms with Gasteiger partial charge >= 0.3 is 0 Å². The minimum atomic E-state index is -0.517. The molecule has 0 heterocycles. The zero-order valence-electron chi connectivity index (χ0n) is 15.8. The van der Waals surface area contributed by atoms with Gasteiger partial charge in [0.25, 0.3) is 0 Å². The molecule has 0 unspecified atom stereocenters. The van der Waals surface area contributed by atoms with Gasteiger partial charge in [-0.1, -0.05) is 18.2 Å². The third kappa shape index (κ3) is 6.19. The van der Waals surface area contributed by atoms with Crippen molar-refractivity contribution >= 4 is 23.4 Å². The summed E-state index contributed by atoms with van der Waals surface area (Å²) in [6.07, 6.45) is 0. The first-order valence-electron chi connectivity index (χ1n) is 8.17. The first-order valence-corrected chi connectivity index (χ1v) is 8.17. The van der Waals surface area contributed by atoms with Crippen LogP contribution in [0.3, 0.4) is 0 Å². The maximum absolute atomic E-state index is 12.2. The van der Waals surface area contributed by atoms with E-state index in [-0.39, 0.29) is 30.8 Å². The molecule has 0 fully saturated rings. The SMILES string of the molecule is Cc1cccc(C)c1NC(=O)CNC(=O)[C@H](C)N(C)CC(=O)N(C)C. The molecule has 1 aromatic carbocycles. The van der Waals surface area contributed by atoms with Crippen molar-refractivity contribution in [3.63, 3.8) is 0 Å². The van der Waals surface area contributed by atoms with Crippen LogP contribution in [0, 0.1) is 13.8 Å². The van der Waals surface area contributed by atoms with E-state index in [1.807, 2.05) is 32.0 Å². The Hall–Kier alpha value is -2.41. The van der Waals surface area contributed by atoms with Crippen molar-refractivity contribution in [1.82, 2.24) is 15.1 Å². The van der Waals surface area contributed by atoms with E-state index in [1.165, 1.54) is 4.90 Å². The van der Waals surface area contributed by atoms with Gasteiger partial charge in [0.2, 0.25) is 17.7 Å². The lowest BCUT2D eigenvalue weighted by molar-refractivity contribution is -0.132. The molecule has 0 aliphatic rings. The van der Waals surface area contributed by atoms with Gasteiger partial charge in [0.15, 0.2) is 0 Å². The molecule has 0 saturated carbocycles. The average Bonchev–Trinajstić information content (AvgIpc) is 2.55. The average molecular weight is 348 g/mol. The predicted octanol–water partition coefficient (Wildman–Crippen LogP) is 0.767. The Kier molecular flexibility index (Phi) is 7.57. The predicted molar refractivity (Wildman–Crippen MR) is 98.3 cm³/mol. The molecule has 1 aromatic rings. The number of aryl methyl sites for hydroxylation is 2. The largest absolute Gasteiger partial charge is 0.348 e. The van der Waals surface area contributed by atoms with E-state index in [4.69, 9.17) is 0 Å². The number of nitrogens with zero attached hydrogens (tertiary/aromatic N) is 2. The number of para-hydroxylation sites is 1. The Morgan fingerprint density at radius 1 is 1.08 bits per heavy atom. The summed E-state index contributed by atoms with van der Waals surface area (Å²) in [7, 11) is 5.03. The van der Waals surface area contributed by atoms with Crippen molar-refractivity contribution in [1.29, 1.82) is 0 Å². The molecule has 0 saturated heterocycles. The Bertz CT molecular complexity index is 623. The number of amides is 3. The number of nitrogens with one attached hydrogen (secondary N) is 2. The zero-order chi connectivity index (χ0) is 19.1. The first-order chi connectivity index (χ1) is 11.6. The highest BCUT2D eigenvalue weighted by Gasteiger charge is 2.21. The number of carbonyl (C=O) groups is 3. The summed E-state index contributed by atoms with van der Waals surface area (Å²) in [6.45, 7) is 5.55. The molecule has 7 nitrogen and oxygen atoms in total. The lowest BCUT2D eigenvalue weighted by Gasteiger charge is -2.24. The van der Waals surface area contributed by atoms with Crippen LogP contribution >= 0.6 is 0 Å². The third-order valence-corrected chi connectivity index (χ3v) is 4.09. The molecule has 0 radical (unpaired) electrons. The number of carbonyl (C=O) groups excluding carboxylic acids is 3. The molecule has 3 amide bonds. The highest BCUT2D eigenvalue weighted by atomic mass is 16.2. The van der Waals surface area contributed by atoms with E-state index in [1.54, 1.807) is 33.0 Å². The molecule has 0 aliphatic carbocycles. The number of rotatable bonds is 7. The van der Waals surface area contributed by atoms with E-state index in [0.717, 1.165) is 16.8 Å². The van der Waals surface area contributed by atoms with Crippen molar-refractivity contribution < 1.29 is 14.4 Å². The Balaban J connectivity index is 2.52. The Morgan fingerprint density at radius 2 is 1.64 bits per heavy atom. The van der Waals surface area contributed by atoms with Crippen molar-refractivity contribution in [2.45, 2.75) is 26.8 Å². The fourth-order valence-corrected chi connectivity index (χ4v) is 2.20. The van der Waals surface area contributed by atoms with E-state index in [0.29, 0.717) is 0 Å². The molecule has 0 aliphatic heterocycles. The lowest BCUT2D eigenvalue weighted by atomic mass is 10.1. The van der Waals surface area contributed by atoms with E-state index < -0.39 is 6.04 Å². The summed E-state index contributed by atoms with van der Waals surface area (Å²) in [5.41, 5.74) is 2.70. The maximum Gasteiger partial charge on any atom is 0.243 e. The van der Waals surface area contributed by atoms with Crippen LogP contribution in [0.15, 0.2) is 18.2 Å². The summed E-state index contributed by atoms with van der Waals surface area (Å²) in [6, 6.07) is 5.24. The molecule has 0 bridgehead atoms. The second-order valence-corrected chi connectivity index (χ2v) is 6.41. The van der Waals surface area contributed by atoms with Gasteiger partial charge in [-0.15, -0.1) is 0 Å². The van der Waals surface area contributed by atoms with Gasteiger partial charge in [-0.25, -0.2) is 0 Å². The van der Waals surface area contributed by atoms with Crippen molar-refractivity contribution in [3.8, 4) is 0 Å². The maximum atomic E-state index is 12.2. The van der Waals surface area contributed by atoms with Gasteiger partial charge in [0, 0.05) is 19.8 Å². The smallest absolute Gasteiger partial charge is 0.243 e. The quantitative estimate of drug-likeness (QED) is 0.762. The van der Waals surface area contributed by atoms with Crippen LogP contribution in [0.1, 0.15) is 18.1 Å². The fourth-order valence-electron chi connectivity index (χ4n) is 2.20. The van der Waals surface area contributed by atoms with E-state index in [9.17, 15) is 14.4 Å². The summed E-state index contributed by atoms with van der Waals surface area (Å²) < 4.78 is 0. The molecule has 25 heavy (non-hydrogen) atoms. The van der Waals surface area contributed by atoms with Gasteiger partial charge in [0.1, 0.15) is 0 Å². The van der Waals surface area contributed by atoms with Gasteiger partial charge < -0.3 is 15.5 Å². The summed E-state index contributed by atoms with van der Waals surface area (Å²) in [4.78, 5) is 39.1. The molecular weight excluding hydrogens is 320 g/mol. The van der Waals surface area contributed by atoms with Crippen LogP contribution in [0.4, 0.5) is 5.69 Å². The van der Waals surface area contributed by atoms with Crippen LogP contribution in [0.2, 0.25) is 0 Å². The Labute approximate surface area is 149 Å². The fraction of sp³-hybridized carbons (Fsp3) is 0.500. The van der Waals surface area contributed by atoms with Gasteiger partial charge in [-0.05, 0) is 38.9 Å². The topological polar surface area (TPSA) is 81.8 Å². The first kappa shape index (κ1) is 20.6. The molecular formula is C18H28N4O3. The lowest BCUT2D eigenvalue weighted by Crippen LogP contribution is -2.48. The molecule has 0 spiro atoms. The van der Waals surface area contributed by atoms with Crippen molar-refractivity contribution in [2.24, 2.45) is 0 Å². The summed E-state index contributed by atoms with van der Waals surface area (Å²) >= 11 is 0. The molecule has 0 aromatic heterocycles. The normalized spacial score (nSPS) is 11.8. The van der Waals surface area contributed by atoms with Crippen LogP contribution < -0.4 is 10.6 Å². The summed E-state index contributed by atoms with van der Waals surface area (Å²) in [5.74, 6) is -0.675. The standard InChI is InChI=1S/C18H28N4O3/c1-12-8-7-9-13(2)17(12)20-15(23)10-19-18(25)14(3)22(6)11-16(24)21(4)5/h7-9,14H,10-11H2,1-6H3,(H,19,25)(H,20,23)/t14-/m0/s1. The second kappa shape index (κ2) is 9.17. The molecule has 1 rings (SSSR count). The number of benzene rings is 1. The highest BCUT2D eigenvalue weighted by molar-refractivity contribution is 5.96. The number of anilines is 1. The number of hydrogen-bond donors (Lipinski definition) is 2. The molecule has 2 N–H and O–H groups in total. The Morgan fingerprint density at radius 3 is 2.16 bits per heavy atom. The van der Waals surface area contributed by atoms with E-state index >= 15 is 0 Å². The van der Waals surface area contributed by atoms with Crippen LogP contribution in [0.25, 0.3) is 0 Å². The highest BCUT2D eigenvalue weighted by Crippen LogP contribution is 2.18. The minimum Gasteiger partial charge on any atom is -0.348 e. The zero-order valence-corrected chi connectivity index (χ0v) is 15.8. The number of hydrogen-bond acceptors (Lipinski definition) is 4. The summed E-state index contributed by atoms with van der Waals surface area (Å²) in [5, 5.41) is 5.43. The third-order valence-electron chi connectivity index (χ3n) is 4.09. The molecule has 138 valence electrons. The van der Waals surface area contributed by atoms with Crippen LogP contribution in [-0.2, 0) is 14.4 Å². The van der Waals surface area contributed by atoms with E-state index in [2.05, 4.69) is 10.6 Å².